The van der Waals surface area contributed by atoms with E-state index < -0.39 is 0 Å². The number of nitrogens with one attached hydrogen (secondary N) is 1. The molecule has 5 heteroatoms. The topological polar surface area (TPSA) is 59.9 Å². The maximum Gasteiger partial charge on any atom is 0.142 e. The van der Waals surface area contributed by atoms with Gasteiger partial charge in [-0.15, -0.1) is 0 Å². The Kier molecular flexibility index (Phi) is 4.80. The van der Waals surface area contributed by atoms with Crippen molar-refractivity contribution in [3.05, 3.63) is 48.3 Å². The third-order valence-corrected chi connectivity index (χ3v) is 2.82. The molecule has 0 aliphatic rings. The van der Waals surface area contributed by atoms with Gasteiger partial charge in [-0.25, -0.2) is 0 Å². The van der Waals surface area contributed by atoms with E-state index in [0.717, 1.165) is 30.0 Å². The second-order valence-corrected chi connectivity index (χ2v) is 4.14. The smallest absolute Gasteiger partial charge is 0.142 e. The van der Waals surface area contributed by atoms with Crippen molar-refractivity contribution in [3.63, 3.8) is 0 Å². The molecule has 2 aromatic heterocycles. The lowest BCUT2D eigenvalue weighted by molar-refractivity contribution is 0.401. The Balaban J connectivity index is 2.37. The Hall–Kier alpha value is -2.01. The maximum atomic E-state index is 5.38. The minimum absolute atomic E-state index is 0.0356. The maximum absolute atomic E-state index is 5.38. The first kappa shape index (κ1) is 13.4. The first-order valence-corrected chi connectivity index (χ1v) is 6.34. The Morgan fingerprint density at radius 1 is 1.21 bits per heavy atom. The molecule has 2 rings (SSSR count). The van der Waals surface area contributed by atoms with E-state index in [-0.39, 0.29) is 6.04 Å². The molecule has 0 aromatic carbocycles. The zero-order valence-electron chi connectivity index (χ0n) is 11.2. The summed E-state index contributed by atoms with van der Waals surface area (Å²) in [5.74, 6) is 0.752. The average molecular weight is 258 g/mol. The SMILES string of the molecule is CCCNC(c1cnccn1)c1ccncc1OC. The van der Waals surface area contributed by atoms with Crippen molar-refractivity contribution in [2.75, 3.05) is 13.7 Å². The fourth-order valence-electron chi connectivity index (χ4n) is 1.92. The molecule has 1 N–H and O–H groups in total. The van der Waals surface area contributed by atoms with E-state index in [1.165, 1.54) is 0 Å². The first-order chi connectivity index (χ1) is 9.36. The van der Waals surface area contributed by atoms with Crippen LogP contribution in [0.1, 0.15) is 30.6 Å². The minimum Gasteiger partial charge on any atom is -0.495 e. The summed E-state index contributed by atoms with van der Waals surface area (Å²) in [4.78, 5) is 12.6. The highest BCUT2D eigenvalue weighted by molar-refractivity contribution is 5.37. The van der Waals surface area contributed by atoms with Crippen molar-refractivity contribution in [3.8, 4) is 5.75 Å². The van der Waals surface area contributed by atoms with E-state index in [2.05, 4.69) is 27.2 Å². The summed E-state index contributed by atoms with van der Waals surface area (Å²) in [6, 6.07) is 1.91. The largest absolute Gasteiger partial charge is 0.495 e. The molecule has 0 radical (unpaired) electrons. The van der Waals surface area contributed by atoms with Gasteiger partial charge in [-0.2, -0.15) is 0 Å². The van der Waals surface area contributed by atoms with Gasteiger partial charge in [-0.3, -0.25) is 15.0 Å². The van der Waals surface area contributed by atoms with Gasteiger partial charge >= 0.3 is 0 Å². The van der Waals surface area contributed by atoms with Gasteiger partial charge in [-0.1, -0.05) is 6.92 Å². The normalized spacial score (nSPS) is 12.1. The molecule has 0 spiro atoms. The highest BCUT2D eigenvalue weighted by Gasteiger charge is 2.18. The second kappa shape index (κ2) is 6.80. The Bertz CT molecular complexity index is 504. The summed E-state index contributed by atoms with van der Waals surface area (Å²) in [7, 11) is 1.65. The third kappa shape index (κ3) is 3.26. The van der Waals surface area contributed by atoms with Gasteiger partial charge in [-0.05, 0) is 19.0 Å². The number of nitrogens with zero attached hydrogens (tertiary/aromatic N) is 3. The summed E-state index contributed by atoms with van der Waals surface area (Å²) in [6.07, 6.45) is 9.66. The van der Waals surface area contributed by atoms with Crippen LogP contribution in [0.15, 0.2) is 37.1 Å². The Labute approximate surface area is 113 Å². The molecule has 100 valence electrons. The van der Waals surface area contributed by atoms with E-state index in [1.807, 2.05) is 6.07 Å². The number of methoxy groups -OCH3 is 1. The monoisotopic (exact) mass is 258 g/mol. The summed E-state index contributed by atoms with van der Waals surface area (Å²) < 4.78 is 5.38. The van der Waals surface area contributed by atoms with Gasteiger partial charge in [0, 0.05) is 24.2 Å². The van der Waals surface area contributed by atoms with Crippen LogP contribution in [0.3, 0.4) is 0 Å². The molecule has 0 amide bonds. The predicted molar refractivity (Wildman–Crippen MR) is 73.0 cm³/mol. The first-order valence-electron chi connectivity index (χ1n) is 6.34. The Morgan fingerprint density at radius 2 is 2.05 bits per heavy atom. The number of ether oxygens (including phenoxy) is 1. The van der Waals surface area contributed by atoms with Crippen LogP contribution in [-0.4, -0.2) is 28.6 Å². The lowest BCUT2D eigenvalue weighted by Gasteiger charge is -2.20. The molecule has 0 saturated carbocycles. The van der Waals surface area contributed by atoms with Crippen LogP contribution in [0.2, 0.25) is 0 Å². The molecular weight excluding hydrogens is 240 g/mol. The van der Waals surface area contributed by atoms with Crippen molar-refractivity contribution in [1.29, 1.82) is 0 Å². The molecular formula is C14H18N4O. The van der Waals surface area contributed by atoms with Gasteiger partial charge in [0.25, 0.3) is 0 Å². The highest BCUT2D eigenvalue weighted by atomic mass is 16.5. The third-order valence-electron chi connectivity index (χ3n) is 2.82. The van der Waals surface area contributed by atoms with E-state index >= 15 is 0 Å². The summed E-state index contributed by atoms with van der Waals surface area (Å²) in [5, 5.41) is 3.47. The van der Waals surface area contributed by atoms with Gasteiger partial charge in [0.15, 0.2) is 0 Å². The predicted octanol–water partition coefficient (Wildman–Crippen LogP) is 1.97. The molecule has 1 atom stereocenters. The van der Waals surface area contributed by atoms with Gasteiger partial charge < -0.3 is 10.1 Å². The molecule has 0 bridgehead atoms. The number of hydrogen-bond donors (Lipinski definition) is 1. The van der Waals surface area contributed by atoms with E-state index in [4.69, 9.17) is 4.74 Å². The summed E-state index contributed by atoms with van der Waals surface area (Å²) in [6.45, 7) is 3.03. The fourth-order valence-corrected chi connectivity index (χ4v) is 1.92. The number of aromatic nitrogens is 3. The van der Waals surface area contributed by atoms with Crippen LogP contribution in [0.5, 0.6) is 5.75 Å². The van der Waals surface area contributed by atoms with Crippen molar-refractivity contribution in [2.24, 2.45) is 0 Å². The molecule has 0 aliphatic heterocycles. The van der Waals surface area contributed by atoms with Gasteiger partial charge in [0.1, 0.15) is 5.75 Å². The summed E-state index contributed by atoms with van der Waals surface area (Å²) in [5.41, 5.74) is 1.90. The van der Waals surface area contributed by atoms with Crippen molar-refractivity contribution in [1.82, 2.24) is 20.3 Å². The lowest BCUT2D eigenvalue weighted by atomic mass is 10.0. The second-order valence-electron chi connectivity index (χ2n) is 4.14. The highest BCUT2D eigenvalue weighted by Crippen LogP contribution is 2.27. The molecule has 0 saturated heterocycles. The zero-order chi connectivity index (χ0) is 13.5. The van der Waals surface area contributed by atoms with Gasteiger partial charge in [0.2, 0.25) is 0 Å². The van der Waals surface area contributed by atoms with Crippen molar-refractivity contribution < 1.29 is 4.74 Å². The zero-order valence-corrected chi connectivity index (χ0v) is 11.2. The van der Waals surface area contributed by atoms with Crippen LogP contribution in [0.25, 0.3) is 0 Å². The Morgan fingerprint density at radius 3 is 2.74 bits per heavy atom. The van der Waals surface area contributed by atoms with Crippen LogP contribution in [0, 0.1) is 0 Å². The van der Waals surface area contributed by atoms with Crippen LogP contribution < -0.4 is 10.1 Å². The minimum atomic E-state index is -0.0356. The van der Waals surface area contributed by atoms with E-state index in [1.54, 1.807) is 38.1 Å². The van der Waals surface area contributed by atoms with Crippen LogP contribution in [-0.2, 0) is 0 Å². The van der Waals surface area contributed by atoms with E-state index in [0.29, 0.717) is 0 Å². The lowest BCUT2D eigenvalue weighted by Crippen LogP contribution is -2.24. The molecule has 19 heavy (non-hydrogen) atoms. The number of hydrogen-bond acceptors (Lipinski definition) is 5. The number of rotatable bonds is 6. The van der Waals surface area contributed by atoms with Crippen LogP contribution in [0.4, 0.5) is 0 Å². The van der Waals surface area contributed by atoms with E-state index in [9.17, 15) is 0 Å². The standard InChI is InChI=1S/C14H18N4O/c1-3-5-18-14(12-9-16-7-8-17-12)11-4-6-15-10-13(11)19-2/h4,6-10,14,18H,3,5H2,1-2H3. The molecule has 1 unspecified atom stereocenters. The van der Waals surface area contributed by atoms with Crippen molar-refractivity contribution in [2.45, 2.75) is 19.4 Å². The molecule has 0 fully saturated rings. The number of pyridine rings is 1. The van der Waals surface area contributed by atoms with Crippen LogP contribution >= 0.6 is 0 Å². The molecule has 0 aliphatic carbocycles. The molecule has 2 aromatic rings. The quantitative estimate of drug-likeness (QED) is 0.858. The molecule has 5 nitrogen and oxygen atoms in total. The summed E-state index contributed by atoms with van der Waals surface area (Å²) >= 11 is 0. The van der Waals surface area contributed by atoms with Gasteiger partial charge in [0.05, 0.1) is 31.2 Å². The van der Waals surface area contributed by atoms with Crippen molar-refractivity contribution >= 4 is 0 Å². The average Bonchev–Trinajstić information content (AvgIpc) is 2.49. The molecule has 2 heterocycles. The fraction of sp³-hybridized carbons (Fsp3) is 0.357.